The van der Waals surface area contributed by atoms with Gasteiger partial charge in [-0.25, -0.2) is 8.42 Å². The third-order valence-electron chi connectivity index (χ3n) is 4.70. The van der Waals surface area contributed by atoms with E-state index in [-0.39, 0.29) is 10.8 Å². The Labute approximate surface area is 168 Å². The molecule has 1 aromatic heterocycles. The second-order valence-electron chi connectivity index (χ2n) is 6.78. The molecule has 1 aliphatic rings. The number of hydrogen-bond donors (Lipinski definition) is 1. The Bertz CT molecular complexity index is 1120. The molecular formula is C21H20N2O3S2. The van der Waals surface area contributed by atoms with Crippen molar-refractivity contribution in [3.05, 3.63) is 76.0 Å². The number of amides is 1. The maximum Gasteiger partial charge on any atom is 0.265 e. The van der Waals surface area contributed by atoms with Gasteiger partial charge in [-0.05, 0) is 66.6 Å². The third kappa shape index (κ3) is 3.55. The average Bonchev–Trinajstić information content (AvgIpc) is 3.14. The van der Waals surface area contributed by atoms with Gasteiger partial charge in [0.2, 0.25) is 0 Å². The number of carbonyl (C=O) groups is 1. The number of carbonyl (C=O) groups excluding carboxylic acids is 1. The fourth-order valence-corrected chi connectivity index (χ4v) is 5.68. The van der Waals surface area contributed by atoms with E-state index in [0.717, 1.165) is 24.0 Å². The summed E-state index contributed by atoms with van der Waals surface area (Å²) in [6, 6.07) is 15.8. The number of nitrogens with zero attached hydrogens (tertiary/aromatic N) is 1. The first-order chi connectivity index (χ1) is 13.4. The quantitative estimate of drug-likeness (QED) is 0.688. The molecule has 3 aromatic rings. The Kier molecular flexibility index (Phi) is 4.95. The molecule has 0 saturated heterocycles. The maximum atomic E-state index is 13.1. The summed E-state index contributed by atoms with van der Waals surface area (Å²) in [4.78, 5) is 13.4. The monoisotopic (exact) mass is 412 g/mol. The molecule has 1 N–H and O–H groups in total. The van der Waals surface area contributed by atoms with Crippen molar-refractivity contribution in [3.63, 3.8) is 0 Å². The minimum atomic E-state index is -3.65. The normalized spacial score (nSPS) is 13.8. The fourth-order valence-electron chi connectivity index (χ4n) is 3.33. The van der Waals surface area contributed by atoms with Crippen molar-refractivity contribution < 1.29 is 13.2 Å². The zero-order valence-corrected chi connectivity index (χ0v) is 17.0. The molecule has 0 bridgehead atoms. The molecule has 2 aromatic carbocycles. The number of hydrogen-bond acceptors (Lipinski definition) is 4. The first kappa shape index (κ1) is 18.7. The Morgan fingerprint density at radius 1 is 1.11 bits per heavy atom. The first-order valence-corrected chi connectivity index (χ1v) is 11.3. The SMILES string of the molecule is Cc1csc(C(=O)Nc2ccc3c(c2)N(S(=O)(=O)c2ccccc2)CCC3)c1. The van der Waals surface area contributed by atoms with Gasteiger partial charge in [0.1, 0.15) is 0 Å². The Morgan fingerprint density at radius 3 is 2.61 bits per heavy atom. The topological polar surface area (TPSA) is 66.5 Å². The molecule has 4 rings (SSSR count). The summed E-state index contributed by atoms with van der Waals surface area (Å²) in [6.07, 6.45) is 1.58. The minimum Gasteiger partial charge on any atom is -0.321 e. The highest BCUT2D eigenvalue weighted by molar-refractivity contribution is 7.92. The number of rotatable bonds is 4. The number of aryl methyl sites for hydroxylation is 2. The number of benzene rings is 2. The van der Waals surface area contributed by atoms with E-state index in [9.17, 15) is 13.2 Å². The zero-order chi connectivity index (χ0) is 19.7. The summed E-state index contributed by atoms with van der Waals surface area (Å²) in [5.41, 5.74) is 3.23. The van der Waals surface area contributed by atoms with Crippen molar-refractivity contribution in [3.8, 4) is 0 Å². The molecule has 1 amide bonds. The highest BCUT2D eigenvalue weighted by atomic mass is 32.2. The van der Waals surface area contributed by atoms with Crippen LogP contribution >= 0.6 is 11.3 Å². The van der Waals surface area contributed by atoms with Crippen molar-refractivity contribution in [2.75, 3.05) is 16.2 Å². The van der Waals surface area contributed by atoms with Gasteiger partial charge in [-0.3, -0.25) is 9.10 Å². The molecule has 0 aliphatic carbocycles. The predicted octanol–water partition coefficient (Wildman–Crippen LogP) is 4.45. The lowest BCUT2D eigenvalue weighted by Gasteiger charge is -2.31. The Morgan fingerprint density at radius 2 is 1.89 bits per heavy atom. The number of thiophene rings is 1. The summed E-state index contributed by atoms with van der Waals surface area (Å²) >= 11 is 1.39. The molecule has 144 valence electrons. The van der Waals surface area contributed by atoms with Gasteiger partial charge >= 0.3 is 0 Å². The molecule has 0 saturated carbocycles. The molecule has 0 radical (unpaired) electrons. The van der Waals surface area contributed by atoms with E-state index in [4.69, 9.17) is 0 Å². The van der Waals surface area contributed by atoms with E-state index < -0.39 is 10.0 Å². The van der Waals surface area contributed by atoms with Crippen LogP contribution < -0.4 is 9.62 Å². The van der Waals surface area contributed by atoms with Crippen LogP contribution in [0.1, 0.15) is 27.2 Å². The van der Waals surface area contributed by atoms with Gasteiger partial charge in [0.15, 0.2) is 0 Å². The molecule has 28 heavy (non-hydrogen) atoms. The van der Waals surface area contributed by atoms with E-state index in [1.165, 1.54) is 15.6 Å². The lowest BCUT2D eigenvalue weighted by atomic mass is 10.0. The van der Waals surface area contributed by atoms with Crippen molar-refractivity contribution in [1.29, 1.82) is 0 Å². The van der Waals surface area contributed by atoms with Gasteiger partial charge in [0.25, 0.3) is 15.9 Å². The number of nitrogens with one attached hydrogen (secondary N) is 1. The first-order valence-electron chi connectivity index (χ1n) is 9.02. The lowest BCUT2D eigenvalue weighted by molar-refractivity contribution is 0.103. The summed E-state index contributed by atoms with van der Waals surface area (Å²) in [5, 5.41) is 4.81. The second-order valence-corrected chi connectivity index (χ2v) is 9.55. The number of fused-ring (bicyclic) bond motifs is 1. The molecule has 0 spiro atoms. The molecule has 0 fully saturated rings. The largest absolute Gasteiger partial charge is 0.321 e. The average molecular weight is 413 g/mol. The van der Waals surface area contributed by atoms with Crippen LogP contribution in [-0.2, 0) is 16.4 Å². The molecule has 7 heteroatoms. The highest BCUT2D eigenvalue weighted by Gasteiger charge is 2.29. The highest BCUT2D eigenvalue weighted by Crippen LogP contribution is 2.34. The summed E-state index contributed by atoms with van der Waals surface area (Å²) < 4.78 is 27.7. The van der Waals surface area contributed by atoms with Gasteiger partial charge in [-0.15, -0.1) is 11.3 Å². The second kappa shape index (κ2) is 7.41. The van der Waals surface area contributed by atoms with Crippen LogP contribution in [0.25, 0.3) is 0 Å². The third-order valence-corrected chi connectivity index (χ3v) is 7.58. The number of anilines is 2. The standard InChI is InChI=1S/C21H20N2O3S2/c1-15-12-20(27-14-15)21(24)22-17-10-9-16-6-5-11-23(19(16)13-17)28(25,26)18-7-3-2-4-8-18/h2-4,7-10,12-14H,5-6,11H2,1H3,(H,22,24). The fraction of sp³-hybridized carbons (Fsp3) is 0.190. The molecular weight excluding hydrogens is 392 g/mol. The van der Waals surface area contributed by atoms with Crippen LogP contribution in [0.15, 0.2) is 64.9 Å². The van der Waals surface area contributed by atoms with Crippen LogP contribution in [0.2, 0.25) is 0 Å². The van der Waals surface area contributed by atoms with Gasteiger partial charge < -0.3 is 5.32 Å². The van der Waals surface area contributed by atoms with E-state index >= 15 is 0 Å². The zero-order valence-electron chi connectivity index (χ0n) is 15.4. The summed E-state index contributed by atoms with van der Waals surface area (Å²) in [6.45, 7) is 2.37. The molecule has 0 unspecified atom stereocenters. The van der Waals surface area contributed by atoms with Crippen molar-refractivity contribution >= 4 is 38.6 Å². The number of sulfonamides is 1. The smallest absolute Gasteiger partial charge is 0.265 e. The maximum absolute atomic E-state index is 13.1. The minimum absolute atomic E-state index is 0.189. The van der Waals surface area contributed by atoms with Gasteiger partial charge in [0.05, 0.1) is 15.5 Å². The molecule has 5 nitrogen and oxygen atoms in total. The summed E-state index contributed by atoms with van der Waals surface area (Å²) in [5.74, 6) is -0.189. The van der Waals surface area contributed by atoms with E-state index in [2.05, 4.69) is 5.32 Å². The van der Waals surface area contributed by atoms with E-state index in [1.54, 1.807) is 36.4 Å². The van der Waals surface area contributed by atoms with Gasteiger partial charge in [-0.1, -0.05) is 24.3 Å². The molecule has 0 atom stereocenters. The van der Waals surface area contributed by atoms with Gasteiger partial charge in [0, 0.05) is 12.2 Å². The molecule has 1 aliphatic heterocycles. The Hall–Kier alpha value is -2.64. The lowest BCUT2D eigenvalue weighted by Crippen LogP contribution is -2.35. The Balaban J connectivity index is 1.67. The van der Waals surface area contributed by atoms with Crippen LogP contribution in [0.5, 0.6) is 0 Å². The van der Waals surface area contributed by atoms with E-state index in [0.29, 0.717) is 22.8 Å². The van der Waals surface area contributed by atoms with Crippen molar-refractivity contribution in [2.24, 2.45) is 0 Å². The van der Waals surface area contributed by atoms with Crippen molar-refractivity contribution in [2.45, 2.75) is 24.7 Å². The summed E-state index contributed by atoms with van der Waals surface area (Å²) in [7, 11) is -3.65. The van der Waals surface area contributed by atoms with Crippen molar-refractivity contribution in [1.82, 2.24) is 0 Å². The molecule has 2 heterocycles. The predicted molar refractivity (Wildman–Crippen MR) is 113 cm³/mol. The van der Waals surface area contributed by atoms with Crippen LogP contribution in [0.4, 0.5) is 11.4 Å². The van der Waals surface area contributed by atoms with Crippen LogP contribution in [-0.4, -0.2) is 20.9 Å². The van der Waals surface area contributed by atoms with E-state index in [1.807, 2.05) is 30.5 Å². The van der Waals surface area contributed by atoms with Crippen LogP contribution in [0, 0.1) is 6.92 Å². The van der Waals surface area contributed by atoms with Crippen LogP contribution in [0.3, 0.4) is 0 Å². The van der Waals surface area contributed by atoms with Gasteiger partial charge in [-0.2, -0.15) is 0 Å².